The Kier molecular flexibility index (Phi) is 4.32. The first kappa shape index (κ1) is 14.3. The largest absolute Gasteiger partial charge is 0.394 e. The summed E-state index contributed by atoms with van der Waals surface area (Å²) < 4.78 is 0. The van der Waals surface area contributed by atoms with E-state index in [9.17, 15) is 5.11 Å². The first-order valence-electron chi connectivity index (χ1n) is 7.21. The summed E-state index contributed by atoms with van der Waals surface area (Å²) in [7, 11) is 6.34. The minimum absolute atomic E-state index is 0.0685. The standard InChI is InChI=1S/C14H29N3O/c1-11-7-17(8-13(11)16(3)4)9-14(10-18,15-2)12-5-6-12/h11-13,15,18H,5-10H2,1-4H3. The topological polar surface area (TPSA) is 38.7 Å². The molecule has 1 saturated heterocycles. The molecule has 106 valence electrons. The van der Waals surface area contributed by atoms with E-state index in [0.717, 1.165) is 19.6 Å². The van der Waals surface area contributed by atoms with E-state index in [-0.39, 0.29) is 12.1 Å². The van der Waals surface area contributed by atoms with Crippen LogP contribution in [-0.2, 0) is 0 Å². The van der Waals surface area contributed by atoms with Crippen molar-refractivity contribution in [3.63, 3.8) is 0 Å². The molecule has 0 aromatic rings. The SMILES string of the molecule is CNC(CO)(CN1CC(C)C(N(C)C)C1)C1CC1. The van der Waals surface area contributed by atoms with Crippen molar-refractivity contribution in [2.45, 2.75) is 31.3 Å². The van der Waals surface area contributed by atoms with Gasteiger partial charge in [-0.05, 0) is 45.8 Å². The molecule has 3 unspecified atom stereocenters. The molecule has 0 amide bonds. The lowest BCUT2D eigenvalue weighted by Gasteiger charge is -2.36. The molecule has 3 atom stereocenters. The smallest absolute Gasteiger partial charge is 0.0628 e. The van der Waals surface area contributed by atoms with Crippen molar-refractivity contribution in [2.24, 2.45) is 11.8 Å². The average Bonchev–Trinajstić information content (AvgIpc) is 3.11. The molecule has 0 radical (unpaired) electrons. The predicted octanol–water partition coefficient (Wildman–Crippen LogP) is 0.229. The van der Waals surface area contributed by atoms with E-state index >= 15 is 0 Å². The predicted molar refractivity (Wildman–Crippen MR) is 74.7 cm³/mol. The monoisotopic (exact) mass is 255 g/mol. The average molecular weight is 255 g/mol. The second-order valence-corrected chi connectivity index (χ2v) is 6.54. The van der Waals surface area contributed by atoms with Gasteiger partial charge in [-0.15, -0.1) is 0 Å². The summed E-state index contributed by atoms with van der Waals surface area (Å²) in [6, 6.07) is 0.650. The number of nitrogens with one attached hydrogen (secondary N) is 1. The molecule has 0 spiro atoms. The Labute approximate surface area is 111 Å². The van der Waals surface area contributed by atoms with Crippen LogP contribution in [0.5, 0.6) is 0 Å². The molecule has 2 rings (SSSR count). The van der Waals surface area contributed by atoms with Gasteiger partial charge >= 0.3 is 0 Å². The number of hydrogen-bond acceptors (Lipinski definition) is 4. The number of hydrogen-bond donors (Lipinski definition) is 2. The molecule has 0 aromatic carbocycles. The van der Waals surface area contributed by atoms with Gasteiger partial charge < -0.3 is 15.3 Å². The highest BCUT2D eigenvalue weighted by Gasteiger charge is 2.46. The van der Waals surface area contributed by atoms with Gasteiger partial charge in [-0.3, -0.25) is 4.90 Å². The molecule has 1 saturated carbocycles. The molecule has 18 heavy (non-hydrogen) atoms. The molecule has 2 fully saturated rings. The molecule has 0 bridgehead atoms. The summed E-state index contributed by atoms with van der Waals surface area (Å²) in [5.74, 6) is 1.38. The molecular weight excluding hydrogens is 226 g/mol. The first-order valence-corrected chi connectivity index (χ1v) is 7.21. The Hall–Kier alpha value is -0.160. The van der Waals surface area contributed by atoms with E-state index in [4.69, 9.17) is 0 Å². The molecular formula is C14H29N3O. The van der Waals surface area contributed by atoms with Crippen LogP contribution < -0.4 is 5.32 Å². The van der Waals surface area contributed by atoms with Crippen molar-refractivity contribution in [1.29, 1.82) is 0 Å². The summed E-state index contributed by atoms with van der Waals surface area (Å²) in [6.07, 6.45) is 2.53. The van der Waals surface area contributed by atoms with Crippen LogP contribution >= 0.6 is 0 Å². The molecule has 2 aliphatic rings. The van der Waals surface area contributed by atoms with Crippen molar-refractivity contribution in [2.75, 3.05) is 47.4 Å². The van der Waals surface area contributed by atoms with Gasteiger partial charge in [0.05, 0.1) is 12.1 Å². The first-order chi connectivity index (χ1) is 8.52. The Bertz CT molecular complexity index is 274. The van der Waals surface area contributed by atoms with Crippen molar-refractivity contribution < 1.29 is 5.11 Å². The summed E-state index contributed by atoms with van der Waals surface area (Å²) in [4.78, 5) is 4.86. The molecule has 1 aliphatic carbocycles. The van der Waals surface area contributed by atoms with Gasteiger partial charge in [0, 0.05) is 25.7 Å². The second kappa shape index (κ2) is 5.45. The minimum atomic E-state index is -0.0685. The van der Waals surface area contributed by atoms with E-state index in [1.54, 1.807) is 0 Å². The highest BCUT2D eigenvalue weighted by Crippen LogP contribution is 2.40. The number of likely N-dealkylation sites (N-methyl/N-ethyl adjacent to an activating group) is 2. The normalized spacial score (nSPS) is 33.0. The third kappa shape index (κ3) is 2.72. The number of aliphatic hydroxyl groups is 1. The number of nitrogens with zero attached hydrogens (tertiary/aromatic N) is 2. The van der Waals surface area contributed by atoms with Crippen molar-refractivity contribution in [1.82, 2.24) is 15.1 Å². The number of aliphatic hydroxyl groups excluding tert-OH is 1. The molecule has 1 heterocycles. The maximum atomic E-state index is 9.79. The lowest BCUT2D eigenvalue weighted by atomic mass is 9.93. The fourth-order valence-corrected chi connectivity index (χ4v) is 3.55. The van der Waals surface area contributed by atoms with Crippen LogP contribution in [0.15, 0.2) is 0 Å². The fourth-order valence-electron chi connectivity index (χ4n) is 3.55. The van der Waals surface area contributed by atoms with Gasteiger partial charge in [0.25, 0.3) is 0 Å². The molecule has 4 heteroatoms. The number of likely N-dealkylation sites (tertiary alicyclic amines) is 1. The van der Waals surface area contributed by atoms with Crippen LogP contribution in [0.3, 0.4) is 0 Å². The summed E-state index contributed by atoms with van der Waals surface area (Å²) in [5, 5.41) is 13.2. The van der Waals surface area contributed by atoms with Gasteiger partial charge in [-0.25, -0.2) is 0 Å². The number of rotatable bonds is 6. The van der Waals surface area contributed by atoms with E-state index in [0.29, 0.717) is 17.9 Å². The molecule has 1 aliphatic heterocycles. The van der Waals surface area contributed by atoms with Crippen LogP contribution in [-0.4, -0.2) is 73.9 Å². The zero-order chi connectivity index (χ0) is 13.3. The lowest BCUT2D eigenvalue weighted by Crippen LogP contribution is -2.56. The van der Waals surface area contributed by atoms with Gasteiger partial charge in [0.1, 0.15) is 0 Å². The van der Waals surface area contributed by atoms with Crippen LogP contribution in [0.25, 0.3) is 0 Å². The van der Waals surface area contributed by atoms with Crippen LogP contribution in [0.1, 0.15) is 19.8 Å². The molecule has 4 nitrogen and oxygen atoms in total. The summed E-state index contributed by atoms with van der Waals surface area (Å²) in [6.45, 7) is 5.86. The van der Waals surface area contributed by atoms with E-state index in [2.05, 4.69) is 36.1 Å². The second-order valence-electron chi connectivity index (χ2n) is 6.54. The van der Waals surface area contributed by atoms with E-state index in [1.165, 1.54) is 12.8 Å². The van der Waals surface area contributed by atoms with Gasteiger partial charge in [-0.1, -0.05) is 6.92 Å². The Morgan fingerprint density at radius 3 is 2.39 bits per heavy atom. The van der Waals surface area contributed by atoms with Crippen LogP contribution in [0.4, 0.5) is 0 Å². The van der Waals surface area contributed by atoms with Crippen molar-refractivity contribution >= 4 is 0 Å². The molecule has 0 aromatic heterocycles. The third-order valence-corrected chi connectivity index (χ3v) is 4.96. The zero-order valence-electron chi connectivity index (χ0n) is 12.3. The van der Waals surface area contributed by atoms with Gasteiger partial charge in [-0.2, -0.15) is 0 Å². The van der Waals surface area contributed by atoms with Crippen LogP contribution in [0, 0.1) is 11.8 Å². The highest BCUT2D eigenvalue weighted by molar-refractivity contribution is 5.03. The fraction of sp³-hybridized carbons (Fsp3) is 1.00. The van der Waals surface area contributed by atoms with E-state index in [1.807, 2.05) is 7.05 Å². The van der Waals surface area contributed by atoms with Gasteiger partial charge in [0.15, 0.2) is 0 Å². The van der Waals surface area contributed by atoms with Crippen molar-refractivity contribution in [3.05, 3.63) is 0 Å². The Morgan fingerprint density at radius 2 is 2.00 bits per heavy atom. The Balaban J connectivity index is 1.97. The maximum Gasteiger partial charge on any atom is 0.0628 e. The quantitative estimate of drug-likeness (QED) is 0.713. The van der Waals surface area contributed by atoms with E-state index < -0.39 is 0 Å². The minimum Gasteiger partial charge on any atom is -0.394 e. The summed E-state index contributed by atoms with van der Waals surface area (Å²) in [5.41, 5.74) is -0.0685. The van der Waals surface area contributed by atoms with Crippen molar-refractivity contribution in [3.8, 4) is 0 Å². The highest BCUT2D eigenvalue weighted by atomic mass is 16.3. The zero-order valence-corrected chi connectivity index (χ0v) is 12.3. The maximum absolute atomic E-state index is 9.79. The lowest BCUT2D eigenvalue weighted by molar-refractivity contribution is 0.104. The van der Waals surface area contributed by atoms with Crippen LogP contribution in [0.2, 0.25) is 0 Å². The Morgan fingerprint density at radius 1 is 1.33 bits per heavy atom. The van der Waals surface area contributed by atoms with Gasteiger partial charge in [0.2, 0.25) is 0 Å². The summed E-state index contributed by atoms with van der Waals surface area (Å²) >= 11 is 0. The molecule has 2 N–H and O–H groups in total. The third-order valence-electron chi connectivity index (χ3n) is 4.96.